The predicted octanol–water partition coefficient (Wildman–Crippen LogP) is 8.94. The van der Waals surface area contributed by atoms with Crippen molar-refractivity contribution < 1.29 is 43.1 Å². The molecule has 0 saturated carbocycles. The summed E-state index contributed by atoms with van der Waals surface area (Å²) in [6.07, 6.45) is 7.35. The standard InChI is InChI=1S/C23H23FN2O4.C23H24N2O4/c1-26(16-23(27)28)15-12-22(17-2-4-18(24)5-3-17)30-20-8-6-19(7-9-20)29-21-10-13-25-14-11-21;1-25(17-23(26)27)16-13-22(18-5-3-2-4-6-18)29-20-9-7-19(8-10-20)28-21-11-14-24-15-12-21/h2-11,13-14,22H,12,15-16H2,1H3,(H,27,28);2-12,14-15,22H,13,16-17H2,1H3,(H,26,27). The number of halogens is 1. The van der Waals surface area contributed by atoms with Crippen molar-refractivity contribution in [2.75, 3.05) is 40.3 Å². The number of aliphatic carboxylic acids is 2. The zero-order valence-electron chi connectivity index (χ0n) is 32.8. The SMILES string of the molecule is CN(CCC(Oc1ccc(Oc2ccncc2)cc1)c1ccc(F)cc1)CC(=O)O.CN(CCC(Oc1ccc(Oc2ccncc2)cc1)c1ccccc1)CC(=O)O. The largest absolute Gasteiger partial charge is 0.486 e. The second-order valence-electron chi connectivity index (χ2n) is 13.5. The number of carboxylic acids is 2. The first-order chi connectivity index (χ1) is 28.6. The van der Waals surface area contributed by atoms with Crippen molar-refractivity contribution in [2.24, 2.45) is 0 Å². The number of likely N-dealkylation sites (N-methyl/N-ethyl adjacent to an activating group) is 2. The van der Waals surface area contributed by atoms with Crippen LogP contribution in [0.5, 0.6) is 34.5 Å². The highest BCUT2D eigenvalue weighted by molar-refractivity contribution is 5.69. The molecule has 0 bridgehead atoms. The number of carbonyl (C=O) groups is 2. The second kappa shape index (κ2) is 22.8. The maximum Gasteiger partial charge on any atom is 0.317 e. The van der Waals surface area contributed by atoms with Gasteiger partial charge in [0, 0.05) is 50.7 Å². The number of aromatic nitrogens is 2. The van der Waals surface area contributed by atoms with Crippen LogP contribution in [-0.2, 0) is 9.59 Å². The normalized spacial score (nSPS) is 11.8. The van der Waals surface area contributed by atoms with Gasteiger partial charge in [-0.1, -0.05) is 42.5 Å². The Kier molecular flexibility index (Phi) is 16.7. The third-order valence-electron chi connectivity index (χ3n) is 8.74. The highest BCUT2D eigenvalue weighted by Gasteiger charge is 2.17. The van der Waals surface area contributed by atoms with Crippen LogP contribution < -0.4 is 18.9 Å². The summed E-state index contributed by atoms with van der Waals surface area (Å²) in [7, 11) is 3.53. The molecule has 0 saturated heterocycles. The first kappa shape index (κ1) is 43.3. The van der Waals surface area contributed by atoms with Crippen LogP contribution in [-0.4, -0.2) is 82.2 Å². The lowest BCUT2D eigenvalue weighted by molar-refractivity contribution is -0.139. The van der Waals surface area contributed by atoms with Gasteiger partial charge in [0.15, 0.2) is 0 Å². The number of pyridine rings is 2. The summed E-state index contributed by atoms with van der Waals surface area (Å²) in [6, 6.07) is 37.8. The molecule has 0 amide bonds. The number of ether oxygens (including phenoxy) is 4. The fourth-order valence-electron chi connectivity index (χ4n) is 5.81. The van der Waals surface area contributed by atoms with Gasteiger partial charge in [-0.15, -0.1) is 0 Å². The molecule has 59 heavy (non-hydrogen) atoms. The van der Waals surface area contributed by atoms with Gasteiger partial charge in [0.25, 0.3) is 0 Å². The molecule has 4 aromatic carbocycles. The Hall–Kier alpha value is -6.83. The molecule has 2 aromatic heterocycles. The van der Waals surface area contributed by atoms with Crippen molar-refractivity contribution in [1.82, 2.24) is 19.8 Å². The first-order valence-electron chi connectivity index (χ1n) is 18.9. The van der Waals surface area contributed by atoms with Crippen LogP contribution in [0.1, 0.15) is 36.2 Å². The maximum atomic E-state index is 13.3. The van der Waals surface area contributed by atoms with E-state index in [0.717, 1.165) is 22.6 Å². The van der Waals surface area contributed by atoms with Crippen molar-refractivity contribution in [3.8, 4) is 34.5 Å². The number of hydrogen-bond acceptors (Lipinski definition) is 10. The van der Waals surface area contributed by atoms with Gasteiger partial charge in [-0.2, -0.15) is 0 Å². The van der Waals surface area contributed by atoms with Crippen LogP contribution in [0.2, 0.25) is 0 Å². The monoisotopic (exact) mass is 802 g/mol. The second-order valence-corrected chi connectivity index (χ2v) is 13.5. The average Bonchev–Trinajstić information content (AvgIpc) is 3.23. The molecule has 2 atom stereocenters. The molecule has 2 unspecified atom stereocenters. The Morgan fingerprint density at radius 1 is 0.525 bits per heavy atom. The molecule has 2 heterocycles. The van der Waals surface area contributed by atoms with Crippen LogP contribution in [0.25, 0.3) is 0 Å². The van der Waals surface area contributed by atoms with Gasteiger partial charge in [0.2, 0.25) is 0 Å². The van der Waals surface area contributed by atoms with Crippen LogP contribution in [0, 0.1) is 5.82 Å². The molecule has 2 N–H and O–H groups in total. The van der Waals surface area contributed by atoms with Gasteiger partial charge >= 0.3 is 11.9 Å². The molecular formula is C46H47FN4O8. The summed E-state index contributed by atoms with van der Waals surface area (Å²) in [4.78, 5) is 33.2. The van der Waals surface area contributed by atoms with E-state index in [1.54, 1.807) is 109 Å². The van der Waals surface area contributed by atoms with E-state index in [1.807, 2.05) is 54.6 Å². The number of benzene rings is 4. The van der Waals surface area contributed by atoms with Crippen LogP contribution in [0.15, 0.2) is 152 Å². The lowest BCUT2D eigenvalue weighted by Crippen LogP contribution is -2.28. The summed E-state index contributed by atoms with van der Waals surface area (Å²) in [5.74, 6) is 2.08. The van der Waals surface area contributed by atoms with Crippen LogP contribution in [0.4, 0.5) is 4.39 Å². The van der Waals surface area contributed by atoms with E-state index >= 15 is 0 Å². The van der Waals surface area contributed by atoms with Crippen molar-refractivity contribution in [2.45, 2.75) is 25.0 Å². The van der Waals surface area contributed by atoms with Gasteiger partial charge in [-0.3, -0.25) is 29.4 Å². The molecule has 0 aliphatic carbocycles. The molecule has 0 spiro atoms. The molecule has 6 aromatic rings. The average molecular weight is 803 g/mol. The van der Waals surface area contributed by atoms with Gasteiger partial charge in [-0.25, -0.2) is 4.39 Å². The van der Waals surface area contributed by atoms with E-state index in [0.29, 0.717) is 48.9 Å². The molecule has 0 radical (unpaired) electrons. The molecule has 13 heteroatoms. The summed E-state index contributed by atoms with van der Waals surface area (Å²) >= 11 is 0. The lowest BCUT2D eigenvalue weighted by atomic mass is 10.1. The summed E-state index contributed by atoms with van der Waals surface area (Å²) < 4.78 is 37.2. The zero-order chi connectivity index (χ0) is 41.8. The predicted molar refractivity (Wildman–Crippen MR) is 221 cm³/mol. The third-order valence-corrected chi connectivity index (χ3v) is 8.74. The third kappa shape index (κ3) is 15.6. The number of hydrogen-bond donors (Lipinski definition) is 2. The van der Waals surface area contributed by atoms with E-state index < -0.39 is 11.9 Å². The van der Waals surface area contributed by atoms with E-state index in [1.165, 1.54) is 12.1 Å². The van der Waals surface area contributed by atoms with Gasteiger partial charge in [0.05, 0.1) is 13.1 Å². The van der Waals surface area contributed by atoms with Crippen molar-refractivity contribution >= 4 is 11.9 Å². The number of carboxylic acid groups (broad SMARTS) is 2. The lowest BCUT2D eigenvalue weighted by Gasteiger charge is -2.22. The summed E-state index contributed by atoms with van der Waals surface area (Å²) in [5.41, 5.74) is 1.87. The Balaban J connectivity index is 0.000000224. The number of nitrogens with zero attached hydrogens (tertiary/aromatic N) is 4. The smallest absolute Gasteiger partial charge is 0.317 e. The van der Waals surface area contributed by atoms with Gasteiger partial charge in [-0.05, 0) is 110 Å². The molecule has 0 fully saturated rings. The number of rotatable bonds is 20. The van der Waals surface area contributed by atoms with Crippen LogP contribution >= 0.6 is 0 Å². The Labute approximate surface area is 343 Å². The Bertz CT molecular complexity index is 2130. The van der Waals surface area contributed by atoms with Crippen molar-refractivity contribution in [3.05, 3.63) is 169 Å². The van der Waals surface area contributed by atoms with Gasteiger partial charge < -0.3 is 29.2 Å². The van der Waals surface area contributed by atoms with Gasteiger partial charge in [0.1, 0.15) is 52.5 Å². The maximum absolute atomic E-state index is 13.3. The highest BCUT2D eigenvalue weighted by atomic mass is 19.1. The minimum atomic E-state index is -0.887. The molecule has 0 aliphatic rings. The molecule has 6 rings (SSSR count). The topological polar surface area (TPSA) is 144 Å². The molecule has 306 valence electrons. The Morgan fingerprint density at radius 3 is 1.27 bits per heavy atom. The quantitative estimate of drug-likeness (QED) is 0.0761. The fourth-order valence-corrected chi connectivity index (χ4v) is 5.81. The van der Waals surface area contributed by atoms with E-state index in [-0.39, 0.29) is 31.1 Å². The van der Waals surface area contributed by atoms with E-state index in [2.05, 4.69) is 9.97 Å². The minimum Gasteiger partial charge on any atom is -0.486 e. The zero-order valence-corrected chi connectivity index (χ0v) is 32.8. The van der Waals surface area contributed by atoms with Crippen molar-refractivity contribution in [1.29, 1.82) is 0 Å². The van der Waals surface area contributed by atoms with E-state index in [9.17, 15) is 14.0 Å². The first-order valence-corrected chi connectivity index (χ1v) is 18.9. The summed E-state index contributed by atoms with van der Waals surface area (Å²) in [5, 5.41) is 17.9. The minimum absolute atomic E-state index is 0.00253. The fraction of sp³-hybridized carbons (Fsp3) is 0.217. The molecular weight excluding hydrogens is 756 g/mol. The highest BCUT2D eigenvalue weighted by Crippen LogP contribution is 2.30. The Morgan fingerprint density at radius 2 is 0.881 bits per heavy atom. The van der Waals surface area contributed by atoms with Crippen molar-refractivity contribution in [3.63, 3.8) is 0 Å². The molecule has 0 aliphatic heterocycles. The van der Waals surface area contributed by atoms with E-state index in [4.69, 9.17) is 29.2 Å². The molecule has 12 nitrogen and oxygen atoms in total. The van der Waals surface area contributed by atoms with Crippen LogP contribution in [0.3, 0.4) is 0 Å². The summed E-state index contributed by atoms with van der Waals surface area (Å²) in [6.45, 7) is 1.06.